The van der Waals surface area contributed by atoms with Gasteiger partial charge in [0.05, 0.1) is 20.3 Å². The Balaban J connectivity index is 0.00000264. The quantitative estimate of drug-likeness (QED) is 0.394. The molecule has 0 radical (unpaired) electrons. The highest BCUT2D eigenvalue weighted by Gasteiger charge is 2.20. The van der Waals surface area contributed by atoms with Crippen molar-refractivity contribution in [2.45, 2.75) is 32.2 Å². The molecule has 1 atom stereocenters. The lowest BCUT2D eigenvalue weighted by Crippen LogP contribution is -2.39. The Bertz CT molecular complexity index is 519. The van der Waals surface area contributed by atoms with Gasteiger partial charge in [-0.05, 0) is 37.5 Å². The minimum absolute atomic E-state index is 0. The van der Waals surface area contributed by atoms with Gasteiger partial charge in [0.15, 0.2) is 5.96 Å². The summed E-state index contributed by atoms with van der Waals surface area (Å²) in [7, 11) is 5.14. The van der Waals surface area contributed by atoms with E-state index in [1.54, 1.807) is 21.3 Å². The van der Waals surface area contributed by atoms with Gasteiger partial charge in [-0.2, -0.15) is 0 Å². The number of guanidine groups is 1. The second-order valence-electron chi connectivity index (χ2n) is 5.70. The fourth-order valence-corrected chi connectivity index (χ4v) is 2.46. The Hall–Kier alpha value is -1.18. The number of aliphatic imine (C=N–C) groups is 1. The normalized spacial score (nSPS) is 15.4. The van der Waals surface area contributed by atoms with E-state index in [1.807, 2.05) is 18.2 Å². The van der Waals surface area contributed by atoms with Crippen LogP contribution >= 0.6 is 24.0 Å². The largest absolute Gasteiger partial charge is 0.497 e. The number of nitrogens with zero attached hydrogens (tertiary/aromatic N) is 1. The number of rotatable bonds is 7. The Morgan fingerprint density at radius 3 is 2.61 bits per heavy atom. The third kappa shape index (κ3) is 6.08. The van der Waals surface area contributed by atoms with Crippen molar-refractivity contribution in [3.8, 4) is 11.5 Å². The Kier molecular flexibility index (Phi) is 8.51. The van der Waals surface area contributed by atoms with E-state index in [9.17, 15) is 0 Å². The molecule has 6 heteroatoms. The lowest BCUT2D eigenvalue weighted by atomic mass is 10.1. The second kappa shape index (κ2) is 9.85. The van der Waals surface area contributed by atoms with Crippen molar-refractivity contribution in [1.82, 2.24) is 10.6 Å². The zero-order valence-electron chi connectivity index (χ0n) is 14.4. The van der Waals surface area contributed by atoms with Crippen LogP contribution in [0.5, 0.6) is 11.5 Å². The molecule has 0 aromatic heterocycles. The van der Waals surface area contributed by atoms with Crippen LogP contribution in [-0.2, 0) is 0 Å². The predicted octanol–water partition coefficient (Wildman–Crippen LogP) is 3.35. The van der Waals surface area contributed by atoms with Crippen LogP contribution in [0.1, 0.15) is 37.8 Å². The maximum absolute atomic E-state index is 5.45. The summed E-state index contributed by atoms with van der Waals surface area (Å²) in [5.41, 5.74) is 1.05. The van der Waals surface area contributed by atoms with Crippen molar-refractivity contribution >= 4 is 29.9 Å². The first-order valence-corrected chi connectivity index (χ1v) is 7.87. The first-order valence-electron chi connectivity index (χ1n) is 7.87. The Labute approximate surface area is 156 Å². The van der Waals surface area contributed by atoms with Crippen molar-refractivity contribution in [1.29, 1.82) is 0 Å². The zero-order valence-corrected chi connectivity index (χ0v) is 16.7. The van der Waals surface area contributed by atoms with Crippen molar-refractivity contribution in [2.24, 2.45) is 10.9 Å². The molecule has 1 aromatic rings. The van der Waals surface area contributed by atoms with E-state index in [-0.39, 0.29) is 30.0 Å². The van der Waals surface area contributed by atoms with Gasteiger partial charge in [0.2, 0.25) is 0 Å². The van der Waals surface area contributed by atoms with E-state index < -0.39 is 0 Å². The van der Waals surface area contributed by atoms with Crippen LogP contribution < -0.4 is 20.1 Å². The molecule has 0 saturated heterocycles. The second-order valence-corrected chi connectivity index (χ2v) is 5.70. The first-order chi connectivity index (χ1) is 10.7. The van der Waals surface area contributed by atoms with Gasteiger partial charge in [-0.15, -0.1) is 24.0 Å². The highest BCUT2D eigenvalue weighted by atomic mass is 127. The molecule has 1 unspecified atom stereocenters. The third-order valence-electron chi connectivity index (χ3n) is 4.02. The van der Waals surface area contributed by atoms with Gasteiger partial charge >= 0.3 is 0 Å². The van der Waals surface area contributed by atoms with Crippen molar-refractivity contribution in [3.63, 3.8) is 0 Å². The zero-order chi connectivity index (χ0) is 15.9. The summed E-state index contributed by atoms with van der Waals surface area (Å²) in [6, 6.07) is 5.89. The fourth-order valence-electron chi connectivity index (χ4n) is 2.46. The third-order valence-corrected chi connectivity index (χ3v) is 4.02. The number of hydrogen-bond acceptors (Lipinski definition) is 3. The molecule has 0 heterocycles. The average Bonchev–Trinajstić information content (AvgIpc) is 3.37. The van der Waals surface area contributed by atoms with E-state index in [1.165, 1.54) is 19.3 Å². The predicted molar refractivity (Wildman–Crippen MR) is 105 cm³/mol. The van der Waals surface area contributed by atoms with Crippen molar-refractivity contribution < 1.29 is 9.47 Å². The van der Waals surface area contributed by atoms with Crippen LogP contribution in [0.4, 0.5) is 0 Å². The van der Waals surface area contributed by atoms with E-state index >= 15 is 0 Å². The molecule has 2 rings (SSSR count). The molecule has 2 N–H and O–H groups in total. The molecule has 1 fully saturated rings. The molecule has 5 nitrogen and oxygen atoms in total. The van der Waals surface area contributed by atoms with Crippen LogP contribution in [0.3, 0.4) is 0 Å². The Morgan fingerprint density at radius 1 is 1.30 bits per heavy atom. The van der Waals surface area contributed by atoms with E-state index in [0.717, 1.165) is 35.5 Å². The SMILES string of the molecule is CN=C(NCCC1CC1)NC(C)c1cc(OC)ccc1OC.I. The van der Waals surface area contributed by atoms with Crippen LogP contribution in [0.2, 0.25) is 0 Å². The summed E-state index contributed by atoms with van der Waals surface area (Å²) in [5, 5.41) is 6.78. The van der Waals surface area contributed by atoms with Gasteiger partial charge < -0.3 is 20.1 Å². The maximum atomic E-state index is 5.45. The number of benzene rings is 1. The molecular weight excluding hydrogens is 405 g/mol. The summed E-state index contributed by atoms with van der Waals surface area (Å²) in [5.74, 6) is 3.40. The van der Waals surface area contributed by atoms with Gasteiger partial charge in [0, 0.05) is 19.2 Å². The number of methoxy groups -OCH3 is 2. The lowest BCUT2D eigenvalue weighted by molar-refractivity contribution is 0.394. The highest BCUT2D eigenvalue weighted by molar-refractivity contribution is 14.0. The standard InChI is InChI=1S/C17H27N3O2.HI/c1-12(15-11-14(21-3)7-8-16(15)22-4)20-17(18-2)19-10-9-13-5-6-13;/h7-8,11-13H,5-6,9-10H2,1-4H3,(H2,18,19,20);1H. The summed E-state index contributed by atoms with van der Waals surface area (Å²) in [6.07, 6.45) is 3.98. The number of halogens is 1. The first kappa shape index (κ1) is 19.9. The summed E-state index contributed by atoms with van der Waals surface area (Å²) in [6.45, 7) is 3.05. The molecule has 1 aliphatic rings. The van der Waals surface area contributed by atoms with Crippen molar-refractivity contribution in [2.75, 3.05) is 27.8 Å². The van der Waals surface area contributed by atoms with Gasteiger partial charge in [0.1, 0.15) is 11.5 Å². The number of hydrogen-bond donors (Lipinski definition) is 2. The van der Waals surface area contributed by atoms with Gasteiger partial charge in [-0.25, -0.2) is 0 Å². The van der Waals surface area contributed by atoms with Crippen molar-refractivity contribution in [3.05, 3.63) is 23.8 Å². The van der Waals surface area contributed by atoms with Crippen LogP contribution in [0.15, 0.2) is 23.2 Å². The van der Waals surface area contributed by atoms with E-state index in [2.05, 4.69) is 22.5 Å². The topological polar surface area (TPSA) is 54.9 Å². The molecule has 1 aromatic carbocycles. The van der Waals surface area contributed by atoms with E-state index in [0.29, 0.717) is 0 Å². The molecule has 1 aliphatic carbocycles. The van der Waals surface area contributed by atoms with Gasteiger partial charge in [-0.3, -0.25) is 4.99 Å². The van der Waals surface area contributed by atoms with Crippen LogP contribution in [0.25, 0.3) is 0 Å². The maximum Gasteiger partial charge on any atom is 0.191 e. The van der Waals surface area contributed by atoms with Crippen LogP contribution in [-0.4, -0.2) is 33.8 Å². The lowest BCUT2D eigenvalue weighted by Gasteiger charge is -2.20. The van der Waals surface area contributed by atoms with Gasteiger partial charge in [0.25, 0.3) is 0 Å². The molecular formula is C17H28IN3O2. The highest BCUT2D eigenvalue weighted by Crippen LogP contribution is 2.31. The summed E-state index contributed by atoms with van der Waals surface area (Å²) >= 11 is 0. The van der Waals surface area contributed by atoms with E-state index in [4.69, 9.17) is 9.47 Å². The fraction of sp³-hybridized carbons (Fsp3) is 0.588. The average molecular weight is 433 g/mol. The minimum atomic E-state index is 0. The Morgan fingerprint density at radius 2 is 2.04 bits per heavy atom. The molecule has 130 valence electrons. The molecule has 0 aliphatic heterocycles. The molecule has 0 spiro atoms. The smallest absolute Gasteiger partial charge is 0.191 e. The summed E-state index contributed by atoms with van der Waals surface area (Å²) in [4.78, 5) is 4.29. The molecule has 23 heavy (non-hydrogen) atoms. The molecule has 1 saturated carbocycles. The summed E-state index contributed by atoms with van der Waals surface area (Å²) < 4.78 is 10.8. The number of nitrogens with one attached hydrogen (secondary N) is 2. The van der Waals surface area contributed by atoms with Gasteiger partial charge in [-0.1, -0.05) is 12.8 Å². The monoisotopic (exact) mass is 433 g/mol. The van der Waals surface area contributed by atoms with Crippen LogP contribution in [0, 0.1) is 5.92 Å². The minimum Gasteiger partial charge on any atom is -0.497 e. The number of ether oxygens (including phenoxy) is 2. The molecule has 0 amide bonds. The molecule has 0 bridgehead atoms.